The lowest BCUT2D eigenvalue weighted by Gasteiger charge is -2.15. The predicted molar refractivity (Wildman–Crippen MR) is 306 cm³/mol. The lowest BCUT2D eigenvalue weighted by Crippen LogP contribution is -1.97. The van der Waals surface area contributed by atoms with Gasteiger partial charge in [0.05, 0.1) is 62.3 Å². The van der Waals surface area contributed by atoms with Crippen LogP contribution < -0.4 is 0 Å². The number of para-hydroxylation sites is 6. The van der Waals surface area contributed by atoms with Crippen LogP contribution in [0.25, 0.3) is 137 Å². The molecule has 4 heterocycles. The molecule has 0 saturated heterocycles. The van der Waals surface area contributed by atoms with Crippen LogP contribution in [0, 0.1) is 17.9 Å². The molecular weight excluding hydrogens is 901 g/mol. The van der Waals surface area contributed by atoms with Gasteiger partial charge in [-0.05, 0) is 131 Å². The van der Waals surface area contributed by atoms with Gasteiger partial charge in [0.15, 0.2) is 5.69 Å². The molecule has 0 aliphatic carbocycles. The molecule has 15 rings (SSSR count). The Hall–Kier alpha value is -10.4. The highest BCUT2D eigenvalue weighted by molar-refractivity contribution is 6.14. The molecule has 0 fully saturated rings. The van der Waals surface area contributed by atoms with Crippen LogP contribution in [0.4, 0.5) is 5.69 Å². The summed E-state index contributed by atoms with van der Waals surface area (Å²) in [6.45, 7) is 8.53. The maximum Gasteiger partial charge on any atom is 0.195 e. The molecule has 0 bridgehead atoms. The van der Waals surface area contributed by atoms with E-state index in [0.29, 0.717) is 16.8 Å². The largest absolute Gasteiger partial charge is 0.309 e. The predicted octanol–water partition coefficient (Wildman–Crippen LogP) is 17.8. The van der Waals surface area contributed by atoms with Gasteiger partial charge in [-0.1, -0.05) is 133 Å². The van der Waals surface area contributed by atoms with Gasteiger partial charge in [-0.25, -0.2) is 4.85 Å². The number of hydrogen-bond acceptors (Lipinski definition) is 1. The standard InChI is InChI=1S/C68H40N6/c1-70-60-41-56(43-16-14-18-46(36-43)71-65-30-12-6-24-54(65)58-39-48(32-34-67(58)71)73-61-26-8-2-20-50(61)51-21-3-9-27-62(51)73)45(42-69)38-57(60)44-17-15-19-47(37-44)72-66-31-13-7-25-55(66)59-40-49(33-35-68(59)72)74-63-28-10-4-22-52(63)53-23-5-11-29-64(53)74/h2-41H. The van der Waals surface area contributed by atoms with Crippen molar-refractivity contribution in [3.8, 4) is 51.1 Å². The van der Waals surface area contributed by atoms with Gasteiger partial charge in [0, 0.05) is 65.8 Å². The molecule has 0 amide bonds. The van der Waals surface area contributed by atoms with Crippen LogP contribution in [0.2, 0.25) is 0 Å². The van der Waals surface area contributed by atoms with Crippen LogP contribution in [-0.2, 0) is 0 Å². The molecule has 15 aromatic rings. The van der Waals surface area contributed by atoms with Gasteiger partial charge in [0.1, 0.15) is 0 Å². The first-order chi connectivity index (χ1) is 36.6. The summed E-state index contributed by atoms with van der Waals surface area (Å²) in [6, 6.07) is 88.1. The van der Waals surface area contributed by atoms with Crippen molar-refractivity contribution in [2.75, 3.05) is 0 Å². The molecule has 0 unspecified atom stereocenters. The molecular formula is C68H40N6. The highest BCUT2D eigenvalue weighted by Crippen LogP contribution is 2.43. The lowest BCUT2D eigenvalue weighted by molar-refractivity contribution is 1.16. The Labute approximate surface area is 425 Å². The highest BCUT2D eigenvalue weighted by atomic mass is 15.0. The van der Waals surface area contributed by atoms with Gasteiger partial charge in [-0.2, -0.15) is 5.26 Å². The van der Waals surface area contributed by atoms with E-state index in [-0.39, 0.29) is 0 Å². The Balaban J connectivity index is 0.828. The van der Waals surface area contributed by atoms with E-state index in [1.54, 1.807) is 0 Å². The van der Waals surface area contributed by atoms with Crippen molar-refractivity contribution >= 4 is 92.9 Å². The van der Waals surface area contributed by atoms with Gasteiger partial charge in [-0.3, -0.25) is 0 Å². The molecule has 74 heavy (non-hydrogen) atoms. The number of aromatic nitrogens is 4. The maximum absolute atomic E-state index is 10.9. The van der Waals surface area contributed by atoms with Crippen LogP contribution >= 0.6 is 0 Å². The van der Waals surface area contributed by atoms with E-state index in [9.17, 15) is 5.26 Å². The van der Waals surface area contributed by atoms with Crippen molar-refractivity contribution in [3.05, 3.63) is 260 Å². The van der Waals surface area contributed by atoms with Gasteiger partial charge in [0.25, 0.3) is 0 Å². The van der Waals surface area contributed by atoms with Crippen molar-refractivity contribution in [3.63, 3.8) is 0 Å². The zero-order valence-corrected chi connectivity index (χ0v) is 39.8. The zero-order chi connectivity index (χ0) is 49.0. The van der Waals surface area contributed by atoms with E-state index in [1.165, 1.54) is 43.6 Å². The minimum Gasteiger partial charge on any atom is -0.309 e. The number of rotatable bonds is 6. The second-order valence-electron chi connectivity index (χ2n) is 19.1. The van der Waals surface area contributed by atoms with E-state index < -0.39 is 0 Å². The van der Waals surface area contributed by atoms with Gasteiger partial charge < -0.3 is 18.3 Å². The fourth-order valence-corrected chi connectivity index (χ4v) is 12.0. The number of fused-ring (bicyclic) bond motifs is 12. The van der Waals surface area contributed by atoms with Gasteiger partial charge in [0.2, 0.25) is 0 Å². The molecule has 0 aliphatic rings. The van der Waals surface area contributed by atoms with Gasteiger partial charge in [-0.15, -0.1) is 0 Å². The van der Waals surface area contributed by atoms with Crippen LogP contribution in [0.3, 0.4) is 0 Å². The monoisotopic (exact) mass is 940 g/mol. The Kier molecular flexibility index (Phi) is 8.99. The summed E-state index contributed by atoms with van der Waals surface area (Å²) in [5.41, 5.74) is 17.3. The second-order valence-corrected chi connectivity index (χ2v) is 19.1. The topological polar surface area (TPSA) is 47.9 Å². The zero-order valence-electron chi connectivity index (χ0n) is 39.8. The summed E-state index contributed by atoms with van der Waals surface area (Å²) in [5, 5.41) is 20.4. The van der Waals surface area contributed by atoms with Crippen molar-refractivity contribution in [2.45, 2.75) is 0 Å². The first-order valence-electron chi connectivity index (χ1n) is 24.8. The van der Waals surface area contributed by atoms with E-state index in [0.717, 1.165) is 83.1 Å². The number of nitriles is 1. The van der Waals surface area contributed by atoms with E-state index in [1.807, 2.05) is 36.4 Å². The van der Waals surface area contributed by atoms with Crippen LogP contribution in [-0.4, -0.2) is 18.3 Å². The summed E-state index contributed by atoms with van der Waals surface area (Å²) in [6.07, 6.45) is 0. The maximum atomic E-state index is 10.9. The fraction of sp³-hybridized carbons (Fsp3) is 0. The third kappa shape index (κ3) is 6.04. The van der Waals surface area contributed by atoms with Crippen molar-refractivity contribution in [2.24, 2.45) is 0 Å². The van der Waals surface area contributed by atoms with Crippen molar-refractivity contribution in [1.82, 2.24) is 18.3 Å². The van der Waals surface area contributed by atoms with Crippen LogP contribution in [0.15, 0.2) is 243 Å². The summed E-state index contributed by atoms with van der Waals surface area (Å²) >= 11 is 0. The first kappa shape index (κ1) is 41.4. The summed E-state index contributed by atoms with van der Waals surface area (Å²) in [7, 11) is 0. The van der Waals surface area contributed by atoms with Crippen LogP contribution in [0.1, 0.15) is 5.56 Å². The molecule has 11 aromatic carbocycles. The normalized spacial score (nSPS) is 11.8. The minimum atomic E-state index is 0.481. The molecule has 0 radical (unpaired) electrons. The lowest BCUT2D eigenvalue weighted by atomic mass is 9.93. The molecule has 0 aliphatic heterocycles. The fourth-order valence-electron chi connectivity index (χ4n) is 12.0. The highest BCUT2D eigenvalue weighted by Gasteiger charge is 2.21. The quantitative estimate of drug-likeness (QED) is 0.153. The Morgan fingerprint density at radius 1 is 0.297 bits per heavy atom. The average Bonchev–Trinajstić information content (AvgIpc) is 4.19. The molecule has 342 valence electrons. The van der Waals surface area contributed by atoms with Crippen molar-refractivity contribution < 1.29 is 0 Å². The number of nitrogens with zero attached hydrogens (tertiary/aromatic N) is 6. The van der Waals surface area contributed by atoms with E-state index in [4.69, 9.17) is 6.57 Å². The molecule has 0 saturated carbocycles. The van der Waals surface area contributed by atoms with E-state index in [2.05, 4.69) is 235 Å². The number of benzene rings is 11. The second kappa shape index (κ2) is 16.1. The molecule has 0 spiro atoms. The van der Waals surface area contributed by atoms with Crippen molar-refractivity contribution in [1.29, 1.82) is 5.26 Å². The Morgan fingerprint density at radius 2 is 0.622 bits per heavy atom. The number of hydrogen-bond donors (Lipinski definition) is 0. The first-order valence-corrected chi connectivity index (χ1v) is 24.8. The summed E-state index contributed by atoms with van der Waals surface area (Å²) in [5.74, 6) is 0. The smallest absolute Gasteiger partial charge is 0.195 e. The molecule has 0 N–H and O–H groups in total. The third-order valence-corrected chi connectivity index (χ3v) is 15.2. The molecule has 0 atom stereocenters. The summed E-state index contributed by atoms with van der Waals surface area (Å²) in [4.78, 5) is 4.12. The van der Waals surface area contributed by atoms with E-state index >= 15 is 0 Å². The molecule has 4 aromatic heterocycles. The Bertz CT molecular complexity index is 4520. The summed E-state index contributed by atoms with van der Waals surface area (Å²) < 4.78 is 9.35. The minimum absolute atomic E-state index is 0.481. The molecule has 6 heteroatoms. The Morgan fingerprint density at radius 3 is 0.986 bits per heavy atom. The third-order valence-electron chi connectivity index (χ3n) is 15.2. The van der Waals surface area contributed by atoms with Gasteiger partial charge >= 0.3 is 0 Å². The van der Waals surface area contributed by atoms with Crippen LogP contribution in [0.5, 0.6) is 0 Å². The SMILES string of the molecule is [C-]#[N+]c1cc(-c2cccc(-n3c4ccccc4c4cc(-n5c6ccccc6c6ccccc65)ccc43)c2)c(C#N)cc1-c1cccc(-n2c3ccccc3c3cc(-n4c5ccccc5c5ccccc54)ccc32)c1. The average molecular weight is 941 g/mol. The molecule has 6 nitrogen and oxygen atoms in total.